The van der Waals surface area contributed by atoms with Crippen LogP contribution in [0, 0.1) is 0 Å². The van der Waals surface area contributed by atoms with Crippen LogP contribution in [0.4, 0.5) is 0 Å². The highest BCUT2D eigenvalue weighted by molar-refractivity contribution is 7.91. The standard InChI is InChI=1S/C16H17ClN2O6S2/c17-13-10-14(26(22,23)11-5-2-1-3-6-11)12(9-15(13)27(18,24)25)16(21)19-7-4-8-20/h1-3,5-6,9-10,20H,4,7-8H2,(H,19,21)(H2,18,24,25). The summed E-state index contributed by atoms with van der Waals surface area (Å²) in [5.41, 5.74) is -0.412. The highest BCUT2D eigenvalue weighted by Gasteiger charge is 2.28. The molecule has 11 heteroatoms. The number of sulfonamides is 1. The fourth-order valence-electron chi connectivity index (χ4n) is 2.26. The molecule has 4 N–H and O–H groups in total. The number of nitrogens with two attached hydrogens (primary N) is 1. The summed E-state index contributed by atoms with van der Waals surface area (Å²) in [5.74, 6) is -0.834. The number of hydrogen-bond donors (Lipinski definition) is 3. The van der Waals surface area contributed by atoms with Gasteiger partial charge in [-0.15, -0.1) is 0 Å². The number of hydrogen-bond acceptors (Lipinski definition) is 6. The average molecular weight is 433 g/mol. The van der Waals surface area contributed by atoms with Crippen molar-refractivity contribution in [3.8, 4) is 0 Å². The first-order valence-corrected chi connectivity index (χ1v) is 11.1. The molecule has 27 heavy (non-hydrogen) atoms. The number of carbonyl (C=O) groups is 1. The number of nitrogens with one attached hydrogen (secondary N) is 1. The first-order chi connectivity index (χ1) is 12.6. The summed E-state index contributed by atoms with van der Waals surface area (Å²) in [7, 11) is -8.45. The fourth-order valence-corrected chi connectivity index (χ4v) is 4.90. The predicted molar refractivity (Wildman–Crippen MR) is 98.8 cm³/mol. The summed E-state index contributed by atoms with van der Waals surface area (Å²) < 4.78 is 49.3. The molecule has 0 aliphatic carbocycles. The minimum atomic E-state index is -4.29. The Morgan fingerprint density at radius 3 is 2.26 bits per heavy atom. The smallest absolute Gasteiger partial charge is 0.252 e. The van der Waals surface area contributed by atoms with E-state index in [1.807, 2.05) is 0 Å². The maximum absolute atomic E-state index is 12.9. The fraction of sp³-hybridized carbons (Fsp3) is 0.188. The number of primary sulfonamides is 1. The minimum absolute atomic E-state index is 0.0630. The van der Waals surface area contributed by atoms with E-state index in [4.69, 9.17) is 21.8 Å². The van der Waals surface area contributed by atoms with Crippen LogP contribution in [-0.2, 0) is 19.9 Å². The number of aliphatic hydroxyl groups is 1. The van der Waals surface area contributed by atoms with Crippen molar-refractivity contribution in [2.24, 2.45) is 5.14 Å². The summed E-state index contributed by atoms with van der Waals surface area (Å²) in [4.78, 5) is 11.4. The van der Waals surface area contributed by atoms with Gasteiger partial charge in [0.2, 0.25) is 19.9 Å². The Bertz CT molecular complexity index is 1050. The van der Waals surface area contributed by atoms with Gasteiger partial charge in [0.1, 0.15) is 4.90 Å². The molecule has 1 amide bonds. The molecule has 0 spiro atoms. The van der Waals surface area contributed by atoms with E-state index < -0.39 is 46.1 Å². The summed E-state index contributed by atoms with van der Waals surface area (Å²) >= 11 is 5.92. The van der Waals surface area contributed by atoms with E-state index in [0.717, 1.165) is 12.1 Å². The van der Waals surface area contributed by atoms with Gasteiger partial charge in [-0.25, -0.2) is 22.0 Å². The molecule has 0 radical (unpaired) electrons. The summed E-state index contributed by atoms with van der Waals surface area (Å²) in [6, 6.07) is 9.04. The second-order valence-electron chi connectivity index (χ2n) is 5.47. The van der Waals surface area contributed by atoms with Crippen molar-refractivity contribution in [2.45, 2.75) is 21.1 Å². The van der Waals surface area contributed by atoms with Crippen molar-refractivity contribution in [1.82, 2.24) is 5.32 Å². The minimum Gasteiger partial charge on any atom is -0.396 e. The van der Waals surface area contributed by atoms with E-state index in [2.05, 4.69) is 5.32 Å². The van der Waals surface area contributed by atoms with E-state index in [-0.39, 0.29) is 24.5 Å². The lowest BCUT2D eigenvalue weighted by molar-refractivity contribution is 0.0947. The predicted octanol–water partition coefficient (Wildman–Crippen LogP) is 0.932. The highest BCUT2D eigenvalue weighted by Crippen LogP contribution is 2.31. The molecule has 0 fully saturated rings. The number of carbonyl (C=O) groups excluding carboxylic acids is 1. The van der Waals surface area contributed by atoms with Crippen LogP contribution in [0.2, 0.25) is 5.02 Å². The van der Waals surface area contributed by atoms with Crippen LogP contribution in [0.25, 0.3) is 0 Å². The van der Waals surface area contributed by atoms with Gasteiger partial charge in [-0.2, -0.15) is 0 Å². The largest absolute Gasteiger partial charge is 0.396 e. The third-order valence-corrected chi connectivity index (χ3v) is 6.73. The molecular weight excluding hydrogens is 416 g/mol. The lowest BCUT2D eigenvalue weighted by Crippen LogP contribution is -2.27. The van der Waals surface area contributed by atoms with Crippen LogP contribution in [0.5, 0.6) is 0 Å². The van der Waals surface area contributed by atoms with E-state index in [1.54, 1.807) is 6.07 Å². The molecule has 0 unspecified atom stereocenters. The molecule has 0 saturated heterocycles. The Labute approximate surface area is 161 Å². The van der Waals surface area contributed by atoms with Crippen molar-refractivity contribution < 1.29 is 26.7 Å². The first kappa shape index (κ1) is 21.3. The third kappa shape index (κ3) is 4.85. The number of aliphatic hydroxyl groups excluding tert-OH is 1. The van der Waals surface area contributed by atoms with Gasteiger partial charge in [0, 0.05) is 13.2 Å². The van der Waals surface area contributed by atoms with Crippen molar-refractivity contribution >= 4 is 37.4 Å². The molecule has 0 aromatic heterocycles. The maximum atomic E-state index is 12.9. The van der Waals surface area contributed by atoms with Crippen LogP contribution in [-0.4, -0.2) is 41.0 Å². The van der Waals surface area contributed by atoms with Gasteiger partial charge in [0.05, 0.1) is 20.4 Å². The molecule has 8 nitrogen and oxygen atoms in total. The summed E-state index contributed by atoms with van der Waals surface area (Å²) in [5, 5.41) is 15.9. The van der Waals surface area contributed by atoms with Gasteiger partial charge in [-0.3, -0.25) is 4.79 Å². The second-order valence-corrected chi connectivity index (χ2v) is 9.33. The number of sulfone groups is 1. The summed E-state index contributed by atoms with van der Waals surface area (Å²) in [6.45, 7) is -0.119. The number of rotatable bonds is 7. The van der Waals surface area contributed by atoms with Gasteiger partial charge < -0.3 is 10.4 Å². The molecule has 0 saturated carbocycles. The lowest BCUT2D eigenvalue weighted by atomic mass is 10.2. The molecule has 2 rings (SSSR count). The number of benzene rings is 2. The molecule has 0 aliphatic rings. The van der Waals surface area contributed by atoms with Gasteiger partial charge in [0.25, 0.3) is 5.91 Å². The first-order valence-electron chi connectivity index (χ1n) is 7.64. The van der Waals surface area contributed by atoms with E-state index >= 15 is 0 Å². The van der Waals surface area contributed by atoms with E-state index in [0.29, 0.717) is 0 Å². The topological polar surface area (TPSA) is 144 Å². The monoisotopic (exact) mass is 432 g/mol. The van der Waals surface area contributed by atoms with Gasteiger partial charge >= 0.3 is 0 Å². The van der Waals surface area contributed by atoms with Gasteiger partial charge in [0.15, 0.2) is 0 Å². The number of amides is 1. The zero-order chi connectivity index (χ0) is 20.2. The van der Waals surface area contributed by atoms with Crippen molar-refractivity contribution in [3.05, 3.63) is 53.1 Å². The number of halogens is 1. The van der Waals surface area contributed by atoms with Crippen molar-refractivity contribution in [1.29, 1.82) is 0 Å². The van der Waals surface area contributed by atoms with Crippen LogP contribution in [0.1, 0.15) is 16.8 Å². The molecule has 2 aromatic rings. The zero-order valence-corrected chi connectivity index (χ0v) is 16.3. The molecule has 0 heterocycles. The molecule has 0 bridgehead atoms. The Kier molecular flexibility index (Phi) is 6.60. The van der Waals surface area contributed by atoms with Gasteiger partial charge in [-0.05, 0) is 30.7 Å². The maximum Gasteiger partial charge on any atom is 0.252 e. The van der Waals surface area contributed by atoms with Crippen molar-refractivity contribution in [2.75, 3.05) is 13.2 Å². The quantitative estimate of drug-likeness (QED) is 0.555. The lowest BCUT2D eigenvalue weighted by Gasteiger charge is -2.14. The Balaban J connectivity index is 2.69. The van der Waals surface area contributed by atoms with Crippen LogP contribution >= 0.6 is 11.6 Å². The van der Waals surface area contributed by atoms with E-state index in [9.17, 15) is 21.6 Å². The second kappa shape index (κ2) is 8.36. The Morgan fingerprint density at radius 2 is 1.70 bits per heavy atom. The molecule has 0 atom stereocenters. The Hall–Kier alpha value is -1.98. The third-order valence-electron chi connectivity index (χ3n) is 3.55. The normalized spacial score (nSPS) is 12.0. The Morgan fingerprint density at radius 1 is 1.07 bits per heavy atom. The highest BCUT2D eigenvalue weighted by atomic mass is 35.5. The average Bonchev–Trinajstić information content (AvgIpc) is 2.61. The summed E-state index contributed by atoms with van der Waals surface area (Å²) in [6.07, 6.45) is 0.238. The van der Waals surface area contributed by atoms with Crippen LogP contribution in [0.3, 0.4) is 0 Å². The zero-order valence-electron chi connectivity index (χ0n) is 13.9. The van der Waals surface area contributed by atoms with Gasteiger partial charge in [-0.1, -0.05) is 29.8 Å². The molecule has 2 aromatic carbocycles. The van der Waals surface area contributed by atoms with E-state index in [1.165, 1.54) is 24.3 Å². The van der Waals surface area contributed by atoms with Crippen molar-refractivity contribution in [3.63, 3.8) is 0 Å². The molecule has 0 aliphatic heterocycles. The van der Waals surface area contributed by atoms with Crippen LogP contribution < -0.4 is 10.5 Å². The molecule has 146 valence electrons. The molecular formula is C16H17ClN2O6S2. The SMILES string of the molecule is NS(=O)(=O)c1cc(C(=O)NCCCO)c(S(=O)(=O)c2ccccc2)cc1Cl. The van der Waals surface area contributed by atoms with Crippen LogP contribution in [0.15, 0.2) is 57.2 Å².